The molecule has 1 N–H and O–H groups in total. The van der Waals surface area contributed by atoms with Crippen molar-refractivity contribution in [2.24, 2.45) is 0 Å². The van der Waals surface area contributed by atoms with Crippen LogP contribution in [0.5, 0.6) is 0 Å². The van der Waals surface area contributed by atoms with E-state index in [-0.39, 0.29) is 5.91 Å². The van der Waals surface area contributed by atoms with Gasteiger partial charge in [0, 0.05) is 17.1 Å². The van der Waals surface area contributed by atoms with E-state index in [1.165, 1.54) is 18.4 Å². The minimum absolute atomic E-state index is 0.153. The molecule has 1 amide bonds. The molecule has 0 unspecified atom stereocenters. The van der Waals surface area contributed by atoms with Crippen molar-refractivity contribution < 1.29 is 9.32 Å². The predicted molar refractivity (Wildman–Crippen MR) is 95.2 cm³/mol. The number of aromatic nitrogens is 1. The quantitative estimate of drug-likeness (QED) is 0.783. The number of carbonyl (C=O) groups is 1. The minimum Gasteiger partial charge on any atom is -0.360 e. The van der Waals surface area contributed by atoms with Gasteiger partial charge in [0.2, 0.25) is 0 Å². The van der Waals surface area contributed by atoms with Gasteiger partial charge in [-0.15, -0.1) is 0 Å². The summed E-state index contributed by atoms with van der Waals surface area (Å²) in [4.78, 5) is 12.6. The average Bonchev–Trinajstić information content (AvgIpc) is 2.97. The van der Waals surface area contributed by atoms with Crippen LogP contribution >= 0.6 is 11.6 Å². The van der Waals surface area contributed by atoms with Crippen LogP contribution in [0.2, 0.25) is 5.02 Å². The second kappa shape index (κ2) is 7.67. The lowest BCUT2D eigenvalue weighted by molar-refractivity contribution is 0.0953. The summed E-state index contributed by atoms with van der Waals surface area (Å²) in [6.07, 6.45) is 8.05. The fraction of sp³-hybridized carbons (Fsp3) is 0.368. The molecule has 0 aliphatic heterocycles. The number of hydrogen-bond acceptors (Lipinski definition) is 3. The first-order valence-electron chi connectivity index (χ1n) is 8.33. The van der Waals surface area contributed by atoms with Crippen LogP contribution in [0.3, 0.4) is 0 Å². The van der Waals surface area contributed by atoms with Crippen LogP contribution in [0.1, 0.15) is 48.2 Å². The third-order valence-electron chi connectivity index (χ3n) is 4.30. The standard InChI is InChI=1S/C19H21ClN2O2/c1-13-17(18(22-24-13)15-8-5-9-16(20)12-15)19(23)21-11-10-14-6-3-2-4-7-14/h5-6,8-9,12H,2-4,7,10-11H2,1H3,(H,21,23). The van der Waals surface area contributed by atoms with Crippen LogP contribution in [0.15, 0.2) is 40.4 Å². The van der Waals surface area contributed by atoms with Crippen LogP contribution < -0.4 is 5.32 Å². The van der Waals surface area contributed by atoms with Crippen molar-refractivity contribution in [2.45, 2.75) is 39.0 Å². The second-order valence-electron chi connectivity index (χ2n) is 6.09. The van der Waals surface area contributed by atoms with Crippen molar-refractivity contribution in [2.75, 3.05) is 6.54 Å². The molecule has 0 fully saturated rings. The zero-order chi connectivity index (χ0) is 16.9. The smallest absolute Gasteiger partial charge is 0.257 e. The van der Waals surface area contributed by atoms with E-state index in [4.69, 9.17) is 16.1 Å². The lowest BCUT2D eigenvalue weighted by atomic mass is 9.97. The highest BCUT2D eigenvalue weighted by Crippen LogP contribution is 2.27. The Morgan fingerprint density at radius 1 is 1.38 bits per heavy atom. The molecule has 0 atom stereocenters. The number of benzene rings is 1. The molecule has 1 aromatic carbocycles. The molecule has 1 heterocycles. The monoisotopic (exact) mass is 344 g/mol. The number of aryl methyl sites for hydroxylation is 1. The maximum atomic E-state index is 12.6. The van der Waals surface area contributed by atoms with Crippen LogP contribution in [0.4, 0.5) is 0 Å². The number of nitrogens with one attached hydrogen (secondary N) is 1. The predicted octanol–water partition coefficient (Wildman–Crippen LogP) is 4.92. The van der Waals surface area contributed by atoms with Gasteiger partial charge in [0.25, 0.3) is 5.91 Å². The van der Waals surface area contributed by atoms with Gasteiger partial charge < -0.3 is 9.84 Å². The first kappa shape index (κ1) is 16.8. The minimum atomic E-state index is -0.153. The number of nitrogens with zero attached hydrogens (tertiary/aromatic N) is 1. The molecular formula is C19H21ClN2O2. The van der Waals surface area contributed by atoms with Crippen molar-refractivity contribution in [3.63, 3.8) is 0 Å². The summed E-state index contributed by atoms with van der Waals surface area (Å²) in [6, 6.07) is 7.27. The van der Waals surface area contributed by atoms with Gasteiger partial charge in [0.15, 0.2) is 0 Å². The summed E-state index contributed by atoms with van der Waals surface area (Å²) in [7, 11) is 0. The molecule has 0 bridgehead atoms. The molecule has 0 radical (unpaired) electrons. The zero-order valence-electron chi connectivity index (χ0n) is 13.8. The Morgan fingerprint density at radius 2 is 2.25 bits per heavy atom. The number of rotatable bonds is 5. The highest BCUT2D eigenvalue weighted by molar-refractivity contribution is 6.30. The number of hydrogen-bond donors (Lipinski definition) is 1. The Kier molecular flexibility index (Phi) is 5.36. The summed E-state index contributed by atoms with van der Waals surface area (Å²) >= 11 is 6.04. The molecule has 1 aromatic heterocycles. The summed E-state index contributed by atoms with van der Waals surface area (Å²) in [5.41, 5.74) is 3.23. The Labute approximate surface area is 146 Å². The lowest BCUT2D eigenvalue weighted by Crippen LogP contribution is -2.25. The molecule has 2 aromatic rings. The van der Waals surface area contributed by atoms with Crippen LogP contribution in [-0.4, -0.2) is 17.6 Å². The molecule has 3 rings (SSSR count). The average molecular weight is 345 g/mol. The molecule has 4 nitrogen and oxygen atoms in total. The first-order chi connectivity index (χ1) is 11.6. The van der Waals surface area contributed by atoms with Gasteiger partial charge in [-0.2, -0.15) is 0 Å². The van der Waals surface area contributed by atoms with E-state index in [2.05, 4.69) is 16.5 Å². The number of halogens is 1. The van der Waals surface area contributed by atoms with Crippen molar-refractivity contribution in [3.05, 3.63) is 52.3 Å². The number of amides is 1. The number of carbonyl (C=O) groups excluding carboxylic acids is 1. The molecule has 126 valence electrons. The summed E-state index contributed by atoms with van der Waals surface area (Å²) in [6.45, 7) is 2.38. The summed E-state index contributed by atoms with van der Waals surface area (Å²) < 4.78 is 5.24. The zero-order valence-corrected chi connectivity index (χ0v) is 14.5. The molecule has 1 aliphatic rings. The van der Waals surface area contributed by atoms with Gasteiger partial charge in [-0.25, -0.2) is 0 Å². The normalized spacial score (nSPS) is 14.3. The van der Waals surface area contributed by atoms with Gasteiger partial charge in [0.1, 0.15) is 17.0 Å². The molecule has 1 aliphatic carbocycles. The summed E-state index contributed by atoms with van der Waals surface area (Å²) in [5, 5.41) is 7.63. The maximum absolute atomic E-state index is 12.6. The Morgan fingerprint density at radius 3 is 3.00 bits per heavy atom. The van der Waals surface area contributed by atoms with Crippen molar-refractivity contribution in [3.8, 4) is 11.3 Å². The molecule has 0 spiro atoms. The Bertz CT molecular complexity index is 764. The third kappa shape index (κ3) is 3.88. The largest absolute Gasteiger partial charge is 0.360 e. The van der Waals surface area contributed by atoms with E-state index >= 15 is 0 Å². The molecular weight excluding hydrogens is 324 g/mol. The summed E-state index contributed by atoms with van der Waals surface area (Å²) in [5.74, 6) is 0.361. The SMILES string of the molecule is Cc1onc(-c2cccc(Cl)c2)c1C(=O)NCCC1=CCCCC1. The van der Waals surface area contributed by atoms with Gasteiger partial charge >= 0.3 is 0 Å². The Hall–Kier alpha value is -2.07. The van der Waals surface area contributed by atoms with Crippen LogP contribution in [0, 0.1) is 6.92 Å². The molecule has 0 saturated heterocycles. The van der Waals surface area contributed by atoms with E-state index in [1.54, 1.807) is 19.1 Å². The fourth-order valence-corrected chi connectivity index (χ4v) is 3.22. The van der Waals surface area contributed by atoms with Gasteiger partial charge in [-0.05, 0) is 51.2 Å². The second-order valence-corrected chi connectivity index (χ2v) is 6.52. The molecule has 0 saturated carbocycles. The van der Waals surface area contributed by atoms with E-state index < -0.39 is 0 Å². The van der Waals surface area contributed by atoms with Crippen molar-refractivity contribution in [1.29, 1.82) is 0 Å². The van der Waals surface area contributed by atoms with Gasteiger partial charge in [-0.1, -0.05) is 40.5 Å². The van der Waals surface area contributed by atoms with Gasteiger partial charge in [0.05, 0.1) is 0 Å². The van der Waals surface area contributed by atoms with Crippen LogP contribution in [0.25, 0.3) is 11.3 Å². The highest BCUT2D eigenvalue weighted by Gasteiger charge is 2.21. The van der Waals surface area contributed by atoms with Crippen molar-refractivity contribution >= 4 is 17.5 Å². The van der Waals surface area contributed by atoms with E-state index in [0.717, 1.165) is 24.8 Å². The van der Waals surface area contributed by atoms with E-state index in [0.29, 0.717) is 28.6 Å². The van der Waals surface area contributed by atoms with Gasteiger partial charge in [-0.3, -0.25) is 4.79 Å². The van der Waals surface area contributed by atoms with E-state index in [1.807, 2.05) is 12.1 Å². The fourth-order valence-electron chi connectivity index (χ4n) is 3.03. The first-order valence-corrected chi connectivity index (χ1v) is 8.71. The van der Waals surface area contributed by atoms with Crippen molar-refractivity contribution in [1.82, 2.24) is 10.5 Å². The van der Waals surface area contributed by atoms with E-state index in [9.17, 15) is 4.79 Å². The Balaban J connectivity index is 1.70. The third-order valence-corrected chi connectivity index (χ3v) is 4.54. The lowest BCUT2D eigenvalue weighted by Gasteiger charge is -2.13. The maximum Gasteiger partial charge on any atom is 0.257 e. The molecule has 5 heteroatoms. The number of allylic oxidation sites excluding steroid dienone is 1. The molecule has 24 heavy (non-hydrogen) atoms. The highest BCUT2D eigenvalue weighted by atomic mass is 35.5. The topological polar surface area (TPSA) is 55.1 Å². The van der Waals surface area contributed by atoms with Crippen LogP contribution in [-0.2, 0) is 0 Å².